The molecule has 0 unspecified atom stereocenters. The van der Waals surface area contributed by atoms with E-state index in [1.54, 1.807) is 0 Å². The molecule has 0 saturated heterocycles. The molecule has 0 aliphatic rings. The molecule has 0 aliphatic carbocycles. The lowest BCUT2D eigenvalue weighted by atomic mass is 10.1. The summed E-state index contributed by atoms with van der Waals surface area (Å²) in [7, 11) is 0. The Balaban J connectivity index is 2.70. The van der Waals surface area contributed by atoms with Crippen LogP contribution in [0.5, 0.6) is 0 Å². The molecule has 14 heavy (non-hydrogen) atoms. The van der Waals surface area contributed by atoms with Crippen molar-refractivity contribution < 1.29 is 0 Å². The van der Waals surface area contributed by atoms with Crippen molar-refractivity contribution in [1.82, 2.24) is 5.32 Å². The molecule has 0 amide bonds. The molecule has 0 atom stereocenters. The Morgan fingerprint density at radius 3 is 2.21 bits per heavy atom. The van der Waals surface area contributed by atoms with Crippen molar-refractivity contribution in [2.45, 2.75) is 33.2 Å². The van der Waals surface area contributed by atoms with E-state index in [2.05, 4.69) is 63.4 Å². The minimum atomic E-state index is 0.134. The summed E-state index contributed by atoms with van der Waals surface area (Å²) < 4.78 is 0. The van der Waals surface area contributed by atoms with Gasteiger partial charge < -0.3 is 5.32 Å². The lowest BCUT2D eigenvalue weighted by molar-refractivity contribution is 0.475. The molecule has 0 fully saturated rings. The van der Waals surface area contributed by atoms with Gasteiger partial charge in [-0.15, -0.1) is 0 Å². The van der Waals surface area contributed by atoms with Gasteiger partial charge in [0.05, 0.1) is 0 Å². The SMILES string of the molecule is C/C(=C\c1ccccc1)NC(C)(C)C. The number of rotatable bonds is 2. The van der Waals surface area contributed by atoms with E-state index < -0.39 is 0 Å². The van der Waals surface area contributed by atoms with Gasteiger partial charge in [0.2, 0.25) is 0 Å². The molecule has 1 aromatic carbocycles. The van der Waals surface area contributed by atoms with E-state index in [1.807, 2.05) is 6.07 Å². The van der Waals surface area contributed by atoms with Crippen molar-refractivity contribution in [1.29, 1.82) is 0 Å². The van der Waals surface area contributed by atoms with Gasteiger partial charge in [0.1, 0.15) is 0 Å². The monoisotopic (exact) mass is 189 g/mol. The first-order valence-electron chi connectivity index (χ1n) is 4.99. The summed E-state index contributed by atoms with van der Waals surface area (Å²) in [5.74, 6) is 0. The summed E-state index contributed by atoms with van der Waals surface area (Å²) in [6.07, 6.45) is 2.16. The molecule has 0 heterocycles. The topological polar surface area (TPSA) is 12.0 Å². The van der Waals surface area contributed by atoms with E-state index in [9.17, 15) is 0 Å². The van der Waals surface area contributed by atoms with Crippen LogP contribution in [0.15, 0.2) is 36.0 Å². The van der Waals surface area contributed by atoms with Crippen LogP contribution in [0.1, 0.15) is 33.3 Å². The van der Waals surface area contributed by atoms with E-state index in [1.165, 1.54) is 11.3 Å². The Morgan fingerprint density at radius 1 is 1.14 bits per heavy atom. The van der Waals surface area contributed by atoms with Gasteiger partial charge in [-0.05, 0) is 39.3 Å². The van der Waals surface area contributed by atoms with E-state index in [4.69, 9.17) is 0 Å². The maximum Gasteiger partial charge on any atom is 0.0286 e. The summed E-state index contributed by atoms with van der Waals surface area (Å²) in [6, 6.07) is 10.3. The maximum atomic E-state index is 3.43. The molecule has 0 spiro atoms. The average Bonchev–Trinajstić information content (AvgIpc) is 2.02. The normalized spacial score (nSPS) is 12.7. The largest absolute Gasteiger partial charge is 0.384 e. The van der Waals surface area contributed by atoms with Gasteiger partial charge in [-0.1, -0.05) is 30.3 Å². The Bertz CT molecular complexity index is 304. The van der Waals surface area contributed by atoms with Crippen molar-refractivity contribution in [3.63, 3.8) is 0 Å². The molecule has 0 aliphatic heterocycles. The van der Waals surface area contributed by atoms with Crippen LogP contribution >= 0.6 is 0 Å². The standard InChI is InChI=1S/C13H19N/c1-11(14-13(2,3)4)10-12-8-6-5-7-9-12/h5-10,14H,1-4H3/b11-10+. The van der Waals surface area contributed by atoms with Gasteiger partial charge in [0, 0.05) is 11.2 Å². The van der Waals surface area contributed by atoms with Crippen LogP contribution in [0.3, 0.4) is 0 Å². The third kappa shape index (κ3) is 4.13. The van der Waals surface area contributed by atoms with Gasteiger partial charge in [-0.3, -0.25) is 0 Å². The number of nitrogens with one attached hydrogen (secondary N) is 1. The number of benzene rings is 1. The fourth-order valence-electron chi connectivity index (χ4n) is 1.43. The van der Waals surface area contributed by atoms with E-state index in [0.717, 1.165) is 0 Å². The molecule has 0 aromatic heterocycles. The Kier molecular flexibility index (Phi) is 3.34. The highest BCUT2D eigenvalue weighted by Gasteiger charge is 2.07. The second-order valence-electron chi connectivity index (χ2n) is 4.61. The second kappa shape index (κ2) is 4.32. The lowest BCUT2D eigenvalue weighted by Gasteiger charge is -2.22. The van der Waals surface area contributed by atoms with Crippen molar-refractivity contribution in [2.75, 3.05) is 0 Å². The zero-order valence-corrected chi connectivity index (χ0v) is 9.46. The highest BCUT2D eigenvalue weighted by Crippen LogP contribution is 2.08. The second-order valence-corrected chi connectivity index (χ2v) is 4.61. The molecule has 1 N–H and O–H groups in total. The third-order valence-electron chi connectivity index (χ3n) is 1.75. The zero-order valence-electron chi connectivity index (χ0n) is 9.46. The van der Waals surface area contributed by atoms with Crippen LogP contribution in [0.25, 0.3) is 6.08 Å². The van der Waals surface area contributed by atoms with Gasteiger partial charge in [-0.2, -0.15) is 0 Å². The lowest BCUT2D eigenvalue weighted by Crippen LogP contribution is -2.33. The first-order valence-corrected chi connectivity index (χ1v) is 4.99. The first-order chi connectivity index (χ1) is 6.47. The molecule has 76 valence electrons. The highest BCUT2D eigenvalue weighted by molar-refractivity contribution is 5.51. The van der Waals surface area contributed by atoms with Crippen molar-refractivity contribution in [3.8, 4) is 0 Å². The van der Waals surface area contributed by atoms with Gasteiger partial charge in [0.25, 0.3) is 0 Å². The third-order valence-corrected chi connectivity index (χ3v) is 1.75. The van der Waals surface area contributed by atoms with Gasteiger partial charge in [-0.25, -0.2) is 0 Å². The number of hydrogen-bond acceptors (Lipinski definition) is 1. The zero-order chi connectivity index (χ0) is 10.6. The molecule has 1 nitrogen and oxygen atoms in total. The molecular formula is C13H19N. The molecule has 0 bridgehead atoms. The smallest absolute Gasteiger partial charge is 0.0286 e. The molecule has 1 rings (SSSR count). The quantitative estimate of drug-likeness (QED) is 0.751. The summed E-state index contributed by atoms with van der Waals surface area (Å²) in [6.45, 7) is 8.58. The van der Waals surface area contributed by atoms with Crippen LogP contribution in [0.2, 0.25) is 0 Å². The van der Waals surface area contributed by atoms with Crippen LogP contribution in [0, 0.1) is 0 Å². The van der Waals surface area contributed by atoms with Crippen molar-refractivity contribution in [2.24, 2.45) is 0 Å². The summed E-state index contributed by atoms with van der Waals surface area (Å²) in [4.78, 5) is 0. The van der Waals surface area contributed by atoms with E-state index >= 15 is 0 Å². The van der Waals surface area contributed by atoms with Crippen LogP contribution in [0.4, 0.5) is 0 Å². The minimum absolute atomic E-state index is 0.134. The van der Waals surface area contributed by atoms with Crippen LogP contribution in [-0.4, -0.2) is 5.54 Å². The molecule has 1 heteroatoms. The Hall–Kier alpha value is -1.24. The average molecular weight is 189 g/mol. The highest BCUT2D eigenvalue weighted by atomic mass is 14.9. The summed E-state index contributed by atoms with van der Waals surface area (Å²) in [5.41, 5.74) is 2.57. The first kappa shape index (κ1) is 10.8. The fourth-order valence-corrected chi connectivity index (χ4v) is 1.43. The minimum Gasteiger partial charge on any atom is -0.384 e. The predicted octanol–water partition coefficient (Wildman–Crippen LogP) is 3.44. The van der Waals surface area contributed by atoms with Gasteiger partial charge in [0.15, 0.2) is 0 Å². The van der Waals surface area contributed by atoms with Crippen LogP contribution in [-0.2, 0) is 0 Å². The number of hydrogen-bond donors (Lipinski definition) is 1. The van der Waals surface area contributed by atoms with Crippen LogP contribution < -0.4 is 5.32 Å². The Labute approximate surface area is 86.8 Å². The molecule has 0 saturated carbocycles. The maximum absolute atomic E-state index is 3.43. The van der Waals surface area contributed by atoms with E-state index in [-0.39, 0.29) is 5.54 Å². The molecular weight excluding hydrogens is 170 g/mol. The molecule has 0 radical (unpaired) electrons. The molecule has 1 aromatic rings. The fraction of sp³-hybridized carbons (Fsp3) is 0.385. The van der Waals surface area contributed by atoms with Crippen molar-refractivity contribution in [3.05, 3.63) is 41.6 Å². The Morgan fingerprint density at radius 2 is 1.71 bits per heavy atom. The summed E-state index contributed by atoms with van der Waals surface area (Å²) in [5, 5.41) is 3.43. The van der Waals surface area contributed by atoms with E-state index in [0.29, 0.717) is 0 Å². The van der Waals surface area contributed by atoms with Crippen molar-refractivity contribution >= 4 is 6.08 Å². The summed E-state index contributed by atoms with van der Waals surface area (Å²) >= 11 is 0. The predicted molar refractivity (Wildman–Crippen MR) is 63.0 cm³/mol. The number of allylic oxidation sites excluding steroid dienone is 1. The van der Waals surface area contributed by atoms with Gasteiger partial charge >= 0.3 is 0 Å².